The Kier molecular flexibility index (Phi) is 3.48. The van der Waals surface area contributed by atoms with Crippen molar-refractivity contribution < 1.29 is 19.0 Å². The highest BCUT2D eigenvalue weighted by Crippen LogP contribution is 2.25. The molecule has 0 saturated heterocycles. The summed E-state index contributed by atoms with van der Waals surface area (Å²) in [5.41, 5.74) is 0.0990. The molecule has 2 aromatic carbocycles. The highest BCUT2D eigenvalue weighted by molar-refractivity contribution is 6.30. The molecule has 0 amide bonds. The quantitative estimate of drug-likeness (QED) is 0.914. The molecular weight excluding hydrogens is 259 g/mol. The van der Waals surface area contributed by atoms with E-state index in [0.29, 0.717) is 5.75 Å². The van der Waals surface area contributed by atoms with Crippen LogP contribution in [0.25, 0.3) is 0 Å². The molecule has 0 radical (unpaired) electrons. The number of benzene rings is 2. The molecule has 0 spiro atoms. The number of aromatic carboxylic acids is 1. The maximum atomic E-state index is 13.2. The van der Waals surface area contributed by atoms with Crippen LogP contribution in [0, 0.1) is 5.82 Å². The molecule has 5 heteroatoms. The molecule has 3 nitrogen and oxygen atoms in total. The van der Waals surface area contributed by atoms with Crippen LogP contribution < -0.4 is 4.74 Å². The van der Waals surface area contributed by atoms with Crippen molar-refractivity contribution in [3.63, 3.8) is 0 Å². The molecule has 0 bridgehead atoms. The summed E-state index contributed by atoms with van der Waals surface area (Å²) in [5.74, 6) is -1.08. The second-order valence-electron chi connectivity index (χ2n) is 3.51. The van der Waals surface area contributed by atoms with Crippen LogP contribution in [-0.2, 0) is 0 Å². The SMILES string of the molecule is O=C(O)c1cccc(Oc2ccc(Cl)c(F)c2)c1. The second kappa shape index (κ2) is 5.06. The van der Waals surface area contributed by atoms with Gasteiger partial charge in [0.1, 0.15) is 17.3 Å². The zero-order valence-electron chi connectivity index (χ0n) is 9.06. The summed E-state index contributed by atoms with van der Waals surface area (Å²) >= 11 is 5.54. The number of carboxylic acids is 1. The van der Waals surface area contributed by atoms with Gasteiger partial charge in [-0.25, -0.2) is 9.18 Å². The number of hydrogen-bond acceptors (Lipinski definition) is 2. The van der Waals surface area contributed by atoms with Gasteiger partial charge in [-0.05, 0) is 30.3 Å². The van der Waals surface area contributed by atoms with E-state index in [0.717, 1.165) is 6.07 Å². The molecule has 0 aromatic heterocycles. The van der Waals surface area contributed by atoms with E-state index in [4.69, 9.17) is 21.4 Å². The van der Waals surface area contributed by atoms with Gasteiger partial charge < -0.3 is 9.84 Å². The first-order chi connectivity index (χ1) is 8.56. The molecule has 0 atom stereocenters. The number of halogens is 2. The van der Waals surface area contributed by atoms with Gasteiger partial charge in [0.05, 0.1) is 10.6 Å². The fourth-order valence-electron chi connectivity index (χ4n) is 1.37. The van der Waals surface area contributed by atoms with E-state index < -0.39 is 11.8 Å². The number of carboxylic acid groups (broad SMARTS) is 1. The molecule has 0 fully saturated rings. The van der Waals surface area contributed by atoms with Crippen molar-refractivity contribution in [2.75, 3.05) is 0 Å². The average molecular weight is 267 g/mol. The Hall–Kier alpha value is -2.07. The number of hydrogen-bond donors (Lipinski definition) is 1. The third kappa shape index (κ3) is 2.78. The summed E-state index contributed by atoms with van der Waals surface area (Å²) in [7, 11) is 0. The standard InChI is InChI=1S/C13H8ClFO3/c14-11-5-4-10(7-12(11)15)18-9-3-1-2-8(6-9)13(16)17/h1-7H,(H,16,17). The van der Waals surface area contributed by atoms with Crippen LogP contribution in [0.2, 0.25) is 5.02 Å². The van der Waals surface area contributed by atoms with E-state index in [9.17, 15) is 9.18 Å². The first-order valence-electron chi connectivity index (χ1n) is 5.02. The lowest BCUT2D eigenvalue weighted by Gasteiger charge is -2.06. The molecule has 0 aliphatic carbocycles. The number of carbonyl (C=O) groups is 1. The highest BCUT2D eigenvalue weighted by Gasteiger charge is 2.06. The van der Waals surface area contributed by atoms with E-state index in [2.05, 4.69) is 0 Å². The van der Waals surface area contributed by atoms with Gasteiger partial charge in [-0.3, -0.25) is 0 Å². The molecule has 0 aliphatic heterocycles. The minimum absolute atomic E-state index is 0.00152. The predicted octanol–water partition coefficient (Wildman–Crippen LogP) is 3.97. The Labute approximate surface area is 107 Å². The van der Waals surface area contributed by atoms with Crippen molar-refractivity contribution in [3.8, 4) is 11.5 Å². The van der Waals surface area contributed by atoms with Crippen molar-refractivity contribution in [2.24, 2.45) is 0 Å². The Morgan fingerprint density at radius 2 is 1.89 bits per heavy atom. The summed E-state index contributed by atoms with van der Waals surface area (Å²) in [4.78, 5) is 10.8. The smallest absolute Gasteiger partial charge is 0.335 e. The summed E-state index contributed by atoms with van der Waals surface area (Å²) in [6.45, 7) is 0. The number of rotatable bonds is 3. The van der Waals surface area contributed by atoms with Gasteiger partial charge in [0.25, 0.3) is 0 Å². The summed E-state index contributed by atoms with van der Waals surface area (Å²) in [6.07, 6.45) is 0. The lowest BCUT2D eigenvalue weighted by atomic mass is 10.2. The summed E-state index contributed by atoms with van der Waals surface area (Å²) < 4.78 is 18.5. The Morgan fingerprint density at radius 3 is 2.56 bits per heavy atom. The lowest BCUT2D eigenvalue weighted by Crippen LogP contribution is -1.96. The molecular formula is C13H8ClFO3. The minimum Gasteiger partial charge on any atom is -0.478 e. The van der Waals surface area contributed by atoms with Gasteiger partial charge in [-0.2, -0.15) is 0 Å². The van der Waals surface area contributed by atoms with Crippen LogP contribution in [0.3, 0.4) is 0 Å². The van der Waals surface area contributed by atoms with Crippen molar-refractivity contribution >= 4 is 17.6 Å². The summed E-state index contributed by atoms with van der Waals surface area (Å²) in [5, 5.41) is 8.82. The fraction of sp³-hybridized carbons (Fsp3) is 0. The van der Waals surface area contributed by atoms with Gasteiger partial charge in [-0.15, -0.1) is 0 Å². The van der Waals surface area contributed by atoms with Crippen LogP contribution in [-0.4, -0.2) is 11.1 Å². The largest absolute Gasteiger partial charge is 0.478 e. The fourth-order valence-corrected chi connectivity index (χ4v) is 1.49. The molecule has 2 aromatic rings. The third-order valence-corrected chi connectivity index (χ3v) is 2.51. The molecule has 0 heterocycles. The van der Waals surface area contributed by atoms with Crippen LogP contribution in [0.4, 0.5) is 4.39 Å². The third-order valence-electron chi connectivity index (χ3n) is 2.21. The van der Waals surface area contributed by atoms with Gasteiger partial charge in [0.2, 0.25) is 0 Å². The zero-order valence-corrected chi connectivity index (χ0v) is 9.82. The highest BCUT2D eigenvalue weighted by atomic mass is 35.5. The molecule has 18 heavy (non-hydrogen) atoms. The van der Waals surface area contributed by atoms with E-state index in [1.54, 1.807) is 12.1 Å². The first kappa shape index (κ1) is 12.4. The van der Waals surface area contributed by atoms with Gasteiger partial charge >= 0.3 is 5.97 Å². The monoisotopic (exact) mass is 266 g/mol. The van der Waals surface area contributed by atoms with Crippen LogP contribution >= 0.6 is 11.6 Å². The summed E-state index contributed by atoms with van der Waals surface area (Å²) in [6, 6.07) is 9.93. The Bertz CT molecular complexity index is 599. The minimum atomic E-state index is -1.05. The van der Waals surface area contributed by atoms with Crippen molar-refractivity contribution in [3.05, 3.63) is 58.9 Å². The average Bonchev–Trinajstić information content (AvgIpc) is 2.34. The first-order valence-corrected chi connectivity index (χ1v) is 5.40. The van der Waals surface area contributed by atoms with E-state index >= 15 is 0 Å². The van der Waals surface area contributed by atoms with E-state index in [-0.39, 0.29) is 16.3 Å². The molecule has 1 N–H and O–H groups in total. The Morgan fingerprint density at radius 1 is 1.17 bits per heavy atom. The van der Waals surface area contributed by atoms with Crippen molar-refractivity contribution in [1.29, 1.82) is 0 Å². The molecule has 0 saturated carbocycles. The van der Waals surface area contributed by atoms with Gasteiger partial charge in [0, 0.05) is 6.07 Å². The van der Waals surface area contributed by atoms with Crippen LogP contribution in [0.1, 0.15) is 10.4 Å². The molecule has 92 valence electrons. The van der Waals surface area contributed by atoms with E-state index in [1.165, 1.54) is 24.3 Å². The van der Waals surface area contributed by atoms with Gasteiger partial charge in [0.15, 0.2) is 0 Å². The molecule has 0 aliphatic rings. The van der Waals surface area contributed by atoms with E-state index in [1.807, 2.05) is 0 Å². The maximum Gasteiger partial charge on any atom is 0.335 e. The van der Waals surface area contributed by atoms with Crippen molar-refractivity contribution in [1.82, 2.24) is 0 Å². The topological polar surface area (TPSA) is 46.5 Å². The molecule has 2 rings (SSSR count). The van der Waals surface area contributed by atoms with Crippen LogP contribution in [0.5, 0.6) is 11.5 Å². The zero-order chi connectivity index (χ0) is 13.1. The maximum absolute atomic E-state index is 13.2. The van der Waals surface area contributed by atoms with Gasteiger partial charge in [-0.1, -0.05) is 17.7 Å². The van der Waals surface area contributed by atoms with Crippen LogP contribution in [0.15, 0.2) is 42.5 Å². The predicted molar refractivity (Wildman–Crippen MR) is 64.9 cm³/mol. The van der Waals surface area contributed by atoms with Crippen molar-refractivity contribution in [2.45, 2.75) is 0 Å². The Balaban J connectivity index is 2.25. The number of ether oxygens (including phenoxy) is 1. The normalized spacial score (nSPS) is 10.1. The lowest BCUT2D eigenvalue weighted by molar-refractivity contribution is 0.0696. The second-order valence-corrected chi connectivity index (χ2v) is 3.92. The molecule has 0 unspecified atom stereocenters.